The second kappa shape index (κ2) is 18.6. The summed E-state index contributed by atoms with van der Waals surface area (Å²) in [4.78, 5) is 54.6. The molecule has 0 spiro atoms. The number of aryl methyl sites for hydroxylation is 1. The van der Waals surface area contributed by atoms with E-state index >= 15 is 0 Å². The molecule has 4 aliphatic rings. The van der Waals surface area contributed by atoms with Gasteiger partial charge in [-0.25, -0.2) is 24.8 Å². The van der Waals surface area contributed by atoms with Crippen molar-refractivity contribution in [2.45, 2.75) is 64.3 Å². The van der Waals surface area contributed by atoms with Gasteiger partial charge in [0.25, 0.3) is 0 Å². The van der Waals surface area contributed by atoms with Crippen LogP contribution in [0, 0.1) is 11.3 Å². The highest BCUT2D eigenvalue weighted by Crippen LogP contribution is 2.39. The van der Waals surface area contributed by atoms with Crippen LogP contribution < -0.4 is 25.4 Å². The van der Waals surface area contributed by atoms with Crippen molar-refractivity contribution in [1.82, 2.24) is 44.2 Å². The minimum atomic E-state index is -0.690. The van der Waals surface area contributed by atoms with Crippen molar-refractivity contribution in [2.24, 2.45) is 7.05 Å². The number of amides is 2. The highest BCUT2D eigenvalue weighted by atomic mass is 35.5. The lowest BCUT2D eigenvalue weighted by Gasteiger charge is -2.50. The van der Waals surface area contributed by atoms with Gasteiger partial charge in [0.1, 0.15) is 24.5 Å². The summed E-state index contributed by atoms with van der Waals surface area (Å²) in [7, 11) is 1.76. The number of piperidine rings is 1. The van der Waals surface area contributed by atoms with E-state index in [1.807, 2.05) is 61.5 Å². The van der Waals surface area contributed by atoms with Crippen LogP contribution in [0.3, 0.4) is 0 Å². The number of aromatic nitrogens is 4. The number of halogens is 1. The largest absolute Gasteiger partial charge is 0.491 e. The standard InChI is InChI=1S/C48H56ClN11O5/c1-5-64-44-33(27-50)25-35(26-39(44)49)48(2,3)34-9-11-38(12-10-34)65-31-36-15-16-51-46(52-36)57-19-23-59(24-20-57)58-21-17-56(18-22-58)37-29-55(30-37)28-32-7-6-8-40-43(32)54(4)47(63)60(40)41-13-14-42(61)53-45(41)62/h6-12,15-16,25-26,37,41H,5,13-14,17-24,28-31H2,1-4H3,(H,53,61,62). The van der Waals surface area contributed by atoms with Crippen LogP contribution in [0.4, 0.5) is 5.95 Å². The molecule has 0 saturated carbocycles. The first-order valence-corrected chi connectivity index (χ1v) is 23.0. The topological polar surface area (TPSA) is 157 Å². The Hall–Kier alpha value is -5.83. The first kappa shape index (κ1) is 44.4. The first-order chi connectivity index (χ1) is 31.4. The summed E-state index contributed by atoms with van der Waals surface area (Å²) in [5, 5.41) is 17.6. The highest BCUT2D eigenvalue weighted by Gasteiger charge is 2.36. The van der Waals surface area contributed by atoms with E-state index in [1.165, 1.54) is 0 Å². The van der Waals surface area contributed by atoms with E-state index in [-0.39, 0.29) is 18.0 Å². The van der Waals surface area contributed by atoms with Crippen LogP contribution in [-0.2, 0) is 35.2 Å². The molecule has 340 valence electrons. The van der Waals surface area contributed by atoms with Crippen LogP contribution in [-0.4, -0.2) is 129 Å². The van der Waals surface area contributed by atoms with Gasteiger partial charge in [0.15, 0.2) is 5.75 Å². The average molecular weight is 903 g/mol. The SMILES string of the molecule is CCOc1c(Cl)cc(C(C)(C)c2ccc(OCc3ccnc(N4CCN(N5CCN(C6CN(Cc7cccc8c7n(C)c(=O)n8C7CCC(=O)NC7=O)C6)CC5)CC4)n3)cc2)cc1C#N. The molecule has 17 heteroatoms. The van der Waals surface area contributed by atoms with E-state index in [0.717, 1.165) is 117 Å². The minimum Gasteiger partial charge on any atom is -0.491 e. The van der Waals surface area contributed by atoms with E-state index in [9.17, 15) is 19.6 Å². The van der Waals surface area contributed by atoms with E-state index in [4.69, 9.17) is 26.1 Å². The molecule has 6 heterocycles. The van der Waals surface area contributed by atoms with Crippen molar-refractivity contribution in [3.05, 3.63) is 110 Å². The molecule has 0 radical (unpaired) electrons. The molecule has 1 N–H and O–H groups in total. The Labute approximate surface area is 383 Å². The predicted octanol–water partition coefficient (Wildman–Crippen LogP) is 4.48. The van der Waals surface area contributed by atoms with Crippen molar-refractivity contribution in [1.29, 1.82) is 5.26 Å². The van der Waals surface area contributed by atoms with Gasteiger partial charge in [-0.05, 0) is 66.4 Å². The lowest BCUT2D eigenvalue weighted by atomic mass is 9.77. The molecular formula is C48H56ClN11O5. The van der Waals surface area contributed by atoms with Crippen molar-refractivity contribution in [3.63, 3.8) is 0 Å². The number of nitrogens with one attached hydrogen (secondary N) is 1. The third-order valence-electron chi connectivity index (χ3n) is 13.6. The maximum Gasteiger partial charge on any atom is 0.329 e. The molecule has 0 aliphatic carbocycles. The van der Waals surface area contributed by atoms with Crippen molar-refractivity contribution >= 4 is 40.4 Å². The summed E-state index contributed by atoms with van der Waals surface area (Å²) in [6, 6.07) is 21.6. The molecule has 2 aromatic heterocycles. The van der Waals surface area contributed by atoms with E-state index < -0.39 is 17.4 Å². The minimum absolute atomic E-state index is 0.221. The van der Waals surface area contributed by atoms with Crippen molar-refractivity contribution < 1.29 is 19.1 Å². The second-order valence-electron chi connectivity index (χ2n) is 17.9. The molecule has 3 aromatic carbocycles. The Morgan fingerprint density at radius 1 is 0.908 bits per heavy atom. The summed E-state index contributed by atoms with van der Waals surface area (Å²) in [6.45, 7) is 17.0. The van der Waals surface area contributed by atoms with Crippen LogP contribution in [0.15, 0.2) is 71.7 Å². The normalized spacial score (nSPS) is 19.6. The zero-order chi connectivity index (χ0) is 45.4. The molecule has 4 fully saturated rings. The molecule has 0 bridgehead atoms. The number of hydrogen-bond donors (Lipinski definition) is 1. The molecule has 1 unspecified atom stereocenters. The number of rotatable bonds is 13. The Balaban J connectivity index is 0.725. The Morgan fingerprint density at radius 3 is 2.32 bits per heavy atom. The van der Waals surface area contributed by atoms with Gasteiger partial charge in [0, 0.05) is 103 Å². The highest BCUT2D eigenvalue weighted by molar-refractivity contribution is 6.32. The molecule has 9 rings (SSSR count). The number of likely N-dealkylation sites (tertiary alicyclic amines) is 1. The van der Waals surface area contributed by atoms with Gasteiger partial charge in [0.05, 0.1) is 33.9 Å². The molecule has 16 nitrogen and oxygen atoms in total. The van der Waals surface area contributed by atoms with Crippen LogP contribution in [0.25, 0.3) is 11.0 Å². The summed E-state index contributed by atoms with van der Waals surface area (Å²) < 4.78 is 15.0. The van der Waals surface area contributed by atoms with E-state index in [1.54, 1.807) is 22.4 Å². The van der Waals surface area contributed by atoms with Gasteiger partial charge in [-0.1, -0.05) is 49.7 Å². The number of hydrazine groups is 1. The number of imide groups is 1. The lowest BCUT2D eigenvalue weighted by Crippen LogP contribution is -2.65. The fraction of sp³-hybridized carbons (Fsp3) is 0.458. The molecular weight excluding hydrogens is 846 g/mol. The number of nitrogens with zero attached hydrogens (tertiary/aromatic N) is 10. The van der Waals surface area contributed by atoms with Gasteiger partial charge >= 0.3 is 5.69 Å². The summed E-state index contributed by atoms with van der Waals surface area (Å²) >= 11 is 6.55. The van der Waals surface area contributed by atoms with Crippen molar-refractivity contribution in [3.8, 4) is 17.6 Å². The zero-order valence-corrected chi connectivity index (χ0v) is 38.3. The van der Waals surface area contributed by atoms with E-state index in [2.05, 4.69) is 61.0 Å². The monoisotopic (exact) mass is 901 g/mol. The van der Waals surface area contributed by atoms with Crippen LogP contribution in [0.2, 0.25) is 5.02 Å². The molecule has 4 aliphatic heterocycles. The van der Waals surface area contributed by atoms with E-state index in [0.29, 0.717) is 42.0 Å². The van der Waals surface area contributed by atoms with Gasteiger partial charge < -0.3 is 14.4 Å². The first-order valence-electron chi connectivity index (χ1n) is 22.6. The maximum absolute atomic E-state index is 13.4. The molecule has 2 amide bonds. The number of imidazole rings is 1. The van der Waals surface area contributed by atoms with Crippen LogP contribution in [0.5, 0.6) is 11.5 Å². The number of benzene rings is 3. The number of piperazine rings is 2. The number of anilines is 1. The molecule has 65 heavy (non-hydrogen) atoms. The number of para-hydroxylation sites is 1. The van der Waals surface area contributed by atoms with Gasteiger partial charge in [-0.3, -0.25) is 33.8 Å². The Kier molecular flexibility index (Phi) is 12.7. The number of fused-ring (bicyclic) bond motifs is 1. The van der Waals surface area contributed by atoms with Crippen molar-refractivity contribution in [2.75, 3.05) is 77.0 Å². The zero-order valence-electron chi connectivity index (χ0n) is 37.5. The Bertz CT molecular complexity index is 2670. The summed E-state index contributed by atoms with van der Waals surface area (Å²) in [5.74, 6) is 1.17. The van der Waals surface area contributed by atoms with Gasteiger partial charge in [-0.2, -0.15) is 5.26 Å². The maximum atomic E-state index is 13.4. The smallest absolute Gasteiger partial charge is 0.329 e. The number of carbonyl (C=O) groups excluding carboxylic acids is 2. The van der Waals surface area contributed by atoms with Crippen LogP contribution >= 0.6 is 11.6 Å². The quantitative estimate of drug-likeness (QED) is 0.165. The third kappa shape index (κ3) is 8.95. The summed E-state index contributed by atoms with van der Waals surface area (Å²) in [5.41, 5.74) is 5.21. The van der Waals surface area contributed by atoms with Gasteiger partial charge in [0.2, 0.25) is 17.8 Å². The number of carbonyl (C=O) groups is 2. The fourth-order valence-corrected chi connectivity index (χ4v) is 10.1. The average Bonchev–Trinajstić information content (AvgIpc) is 3.56. The number of nitriles is 1. The van der Waals surface area contributed by atoms with Gasteiger partial charge in [-0.15, -0.1) is 0 Å². The third-order valence-corrected chi connectivity index (χ3v) is 13.9. The number of ether oxygens (including phenoxy) is 2. The molecule has 1 atom stereocenters. The fourth-order valence-electron chi connectivity index (χ4n) is 9.80. The predicted molar refractivity (Wildman–Crippen MR) is 247 cm³/mol. The second-order valence-corrected chi connectivity index (χ2v) is 18.3. The molecule has 4 saturated heterocycles. The summed E-state index contributed by atoms with van der Waals surface area (Å²) in [6.07, 6.45) is 2.35. The van der Waals surface area contributed by atoms with Crippen LogP contribution in [0.1, 0.15) is 67.6 Å². The molecule has 5 aromatic rings. The number of hydrogen-bond acceptors (Lipinski definition) is 13. The lowest BCUT2D eigenvalue weighted by molar-refractivity contribution is -0.135. The Morgan fingerprint density at radius 2 is 1.63 bits per heavy atom.